The third-order valence-electron chi connectivity index (χ3n) is 3.32. The Bertz CT molecular complexity index is 336. The predicted molar refractivity (Wildman–Crippen MR) is 92.4 cm³/mol. The van der Waals surface area contributed by atoms with E-state index in [9.17, 15) is 9.59 Å². The molecule has 0 spiro atoms. The number of hydrogen-bond acceptors (Lipinski definition) is 4. The zero-order valence-corrected chi connectivity index (χ0v) is 15.6. The number of unbranched alkanes of at least 4 members (excludes halogenated alkanes) is 6. The fourth-order valence-electron chi connectivity index (χ4n) is 1.92. The topological polar surface area (TPSA) is 64.6 Å². The lowest BCUT2D eigenvalue weighted by Gasteiger charge is -2.19. The molecule has 0 fully saturated rings. The zero-order valence-electron chi connectivity index (χ0n) is 15.6. The van der Waals surface area contributed by atoms with Crippen LogP contribution in [0.2, 0.25) is 0 Å². The molecule has 1 atom stereocenters. The summed E-state index contributed by atoms with van der Waals surface area (Å²) >= 11 is 0. The van der Waals surface area contributed by atoms with Gasteiger partial charge in [0.1, 0.15) is 6.04 Å². The van der Waals surface area contributed by atoms with E-state index < -0.39 is 18.1 Å². The van der Waals surface area contributed by atoms with Crippen molar-refractivity contribution in [2.45, 2.75) is 85.6 Å². The van der Waals surface area contributed by atoms with Gasteiger partial charge >= 0.3 is 12.1 Å². The molecule has 1 N–H and O–H groups in total. The second-order valence-electron chi connectivity index (χ2n) is 7.29. The molecule has 5 heteroatoms. The molecule has 5 nitrogen and oxygen atoms in total. The van der Waals surface area contributed by atoms with E-state index in [4.69, 9.17) is 9.47 Å². The van der Waals surface area contributed by atoms with Crippen molar-refractivity contribution in [1.82, 2.24) is 5.32 Å². The molecule has 0 aliphatic rings. The van der Waals surface area contributed by atoms with Crippen LogP contribution in [-0.2, 0) is 14.3 Å². The Kier molecular flexibility index (Phi) is 11.5. The minimum Gasteiger partial charge on any atom is -0.464 e. The lowest BCUT2D eigenvalue weighted by Crippen LogP contribution is -2.40. The number of amides is 1. The van der Waals surface area contributed by atoms with Crippen LogP contribution in [0.25, 0.3) is 0 Å². The van der Waals surface area contributed by atoms with E-state index >= 15 is 0 Å². The number of carbonyl (C=O) groups is 2. The minimum absolute atomic E-state index is 0.0990. The molecule has 0 saturated heterocycles. The first kappa shape index (κ1) is 21.7. The maximum absolute atomic E-state index is 11.8. The lowest BCUT2D eigenvalue weighted by atomic mass is 9.99. The molecule has 0 aliphatic carbocycles. The first-order chi connectivity index (χ1) is 10.8. The lowest BCUT2D eigenvalue weighted by molar-refractivity contribution is -0.145. The van der Waals surface area contributed by atoms with Crippen molar-refractivity contribution in [3.05, 3.63) is 0 Å². The van der Waals surface area contributed by atoms with Gasteiger partial charge in [0.25, 0.3) is 0 Å². The standard InChI is InChI=1S/C18H35NO4/c1-6-7-8-9-10-11-12-13-22-16(20)15(2)19-17(21)23-14-18(3,4)5/h15H,6-14H2,1-5H3,(H,19,21)/t15-/m0/s1. The molecule has 0 saturated carbocycles. The number of rotatable bonds is 11. The van der Waals surface area contributed by atoms with Crippen molar-refractivity contribution in [3.63, 3.8) is 0 Å². The number of alkyl carbamates (subject to hydrolysis) is 1. The van der Waals surface area contributed by atoms with Crippen LogP contribution in [0, 0.1) is 5.41 Å². The van der Waals surface area contributed by atoms with Gasteiger partial charge in [0.15, 0.2) is 0 Å². The Morgan fingerprint density at radius 2 is 1.52 bits per heavy atom. The number of hydrogen-bond donors (Lipinski definition) is 1. The van der Waals surface area contributed by atoms with Gasteiger partial charge in [-0.3, -0.25) is 0 Å². The van der Waals surface area contributed by atoms with Gasteiger partial charge in [0.2, 0.25) is 0 Å². The van der Waals surface area contributed by atoms with Crippen molar-refractivity contribution in [3.8, 4) is 0 Å². The van der Waals surface area contributed by atoms with Gasteiger partial charge in [0, 0.05) is 0 Å². The van der Waals surface area contributed by atoms with Gasteiger partial charge in [-0.15, -0.1) is 0 Å². The molecule has 0 radical (unpaired) electrons. The average Bonchev–Trinajstić information content (AvgIpc) is 2.47. The summed E-state index contributed by atoms with van der Waals surface area (Å²) < 4.78 is 10.2. The first-order valence-electron chi connectivity index (χ1n) is 8.86. The molecule has 0 bridgehead atoms. The molecule has 0 heterocycles. The zero-order chi connectivity index (χ0) is 17.7. The molecule has 0 rings (SSSR count). The highest BCUT2D eigenvalue weighted by Gasteiger charge is 2.19. The van der Waals surface area contributed by atoms with Gasteiger partial charge in [-0.05, 0) is 18.8 Å². The Labute approximate surface area is 141 Å². The maximum Gasteiger partial charge on any atom is 0.407 e. The summed E-state index contributed by atoms with van der Waals surface area (Å²) in [6.45, 7) is 10.4. The number of nitrogens with one attached hydrogen (secondary N) is 1. The van der Waals surface area contributed by atoms with Crippen LogP contribution in [0.3, 0.4) is 0 Å². The van der Waals surface area contributed by atoms with E-state index in [1.54, 1.807) is 6.92 Å². The van der Waals surface area contributed by atoms with E-state index in [-0.39, 0.29) is 5.41 Å². The van der Waals surface area contributed by atoms with Crippen LogP contribution < -0.4 is 5.32 Å². The molecular formula is C18H35NO4. The average molecular weight is 329 g/mol. The highest BCUT2D eigenvalue weighted by atomic mass is 16.6. The Morgan fingerprint density at radius 1 is 0.957 bits per heavy atom. The molecule has 0 aromatic rings. The summed E-state index contributed by atoms with van der Waals surface area (Å²) in [4.78, 5) is 23.3. The van der Waals surface area contributed by atoms with Gasteiger partial charge in [-0.1, -0.05) is 66.2 Å². The van der Waals surface area contributed by atoms with Crippen LogP contribution in [0.5, 0.6) is 0 Å². The van der Waals surface area contributed by atoms with E-state index in [2.05, 4.69) is 12.2 Å². The molecule has 136 valence electrons. The Balaban J connectivity index is 3.68. The van der Waals surface area contributed by atoms with Gasteiger partial charge in [-0.2, -0.15) is 0 Å². The highest BCUT2D eigenvalue weighted by molar-refractivity contribution is 5.80. The third kappa shape index (κ3) is 14.1. The summed E-state index contributed by atoms with van der Waals surface area (Å²) in [5.74, 6) is -0.413. The van der Waals surface area contributed by atoms with E-state index in [1.165, 1.54) is 32.1 Å². The normalized spacial score (nSPS) is 12.6. The molecular weight excluding hydrogens is 294 g/mol. The van der Waals surface area contributed by atoms with Crippen molar-refractivity contribution in [2.75, 3.05) is 13.2 Å². The van der Waals surface area contributed by atoms with E-state index in [0.717, 1.165) is 12.8 Å². The Hall–Kier alpha value is -1.26. The summed E-state index contributed by atoms with van der Waals surface area (Å²) in [7, 11) is 0. The van der Waals surface area contributed by atoms with Crippen LogP contribution in [0.1, 0.15) is 79.6 Å². The Morgan fingerprint density at radius 3 is 2.09 bits per heavy atom. The highest BCUT2D eigenvalue weighted by Crippen LogP contribution is 2.12. The third-order valence-corrected chi connectivity index (χ3v) is 3.32. The van der Waals surface area contributed by atoms with Crippen LogP contribution in [0.4, 0.5) is 4.79 Å². The SMILES string of the molecule is CCCCCCCCCOC(=O)[C@H](C)NC(=O)OCC(C)(C)C. The fourth-order valence-corrected chi connectivity index (χ4v) is 1.92. The molecule has 0 aromatic heterocycles. The van der Waals surface area contributed by atoms with Gasteiger partial charge in [-0.25, -0.2) is 9.59 Å². The summed E-state index contributed by atoms with van der Waals surface area (Å²) in [6.07, 6.45) is 7.63. The smallest absolute Gasteiger partial charge is 0.407 e. The van der Waals surface area contributed by atoms with Gasteiger partial charge in [0.05, 0.1) is 13.2 Å². The predicted octanol–water partition coefficient (Wildman–Crippen LogP) is 4.44. The van der Waals surface area contributed by atoms with Crippen molar-refractivity contribution in [2.24, 2.45) is 5.41 Å². The number of carbonyl (C=O) groups excluding carboxylic acids is 2. The molecule has 0 unspecified atom stereocenters. The monoisotopic (exact) mass is 329 g/mol. The minimum atomic E-state index is -0.688. The number of ether oxygens (including phenoxy) is 2. The van der Waals surface area contributed by atoms with Crippen LogP contribution in [0.15, 0.2) is 0 Å². The first-order valence-corrected chi connectivity index (χ1v) is 8.86. The molecule has 0 aromatic carbocycles. The number of esters is 1. The summed E-state index contributed by atoms with van der Waals surface area (Å²) in [5, 5.41) is 2.49. The van der Waals surface area contributed by atoms with Crippen molar-refractivity contribution >= 4 is 12.1 Å². The summed E-state index contributed by atoms with van der Waals surface area (Å²) in [6, 6.07) is -0.688. The fraction of sp³-hybridized carbons (Fsp3) is 0.889. The summed E-state index contributed by atoms with van der Waals surface area (Å²) in [5.41, 5.74) is -0.0990. The van der Waals surface area contributed by atoms with E-state index in [1.807, 2.05) is 20.8 Å². The molecule has 0 aliphatic heterocycles. The maximum atomic E-state index is 11.8. The largest absolute Gasteiger partial charge is 0.464 e. The van der Waals surface area contributed by atoms with Crippen LogP contribution in [-0.4, -0.2) is 31.3 Å². The molecule has 23 heavy (non-hydrogen) atoms. The quantitative estimate of drug-likeness (QED) is 0.449. The second kappa shape index (κ2) is 12.2. The van der Waals surface area contributed by atoms with Crippen molar-refractivity contribution < 1.29 is 19.1 Å². The van der Waals surface area contributed by atoms with Crippen molar-refractivity contribution in [1.29, 1.82) is 0 Å². The second-order valence-corrected chi connectivity index (χ2v) is 7.29. The van der Waals surface area contributed by atoms with E-state index in [0.29, 0.717) is 13.2 Å². The molecule has 1 amide bonds. The van der Waals surface area contributed by atoms with Crippen LogP contribution >= 0.6 is 0 Å². The van der Waals surface area contributed by atoms with Gasteiger partial charge < -0.3 is 14.8 Å².